The number of hydrogen-bond acceptors (Lipinski definition) is 3. The lowest BCUT2D eigenvalue weighted by molar-refractivity contribution is 0.295. The van der Waals surface area contributed by atoms with Crippen molar-refractivity contribution in [2.75, 3.05) is 13.6 Å². The molecule has 0 saturated heterocycles. The number of likely N-dealkylation sites (N-methyl/N-ethyl adjacent to an activating group) is 1. The molecule has 5 heteroatoms. The molecule has 1 aliphatic heterocycles. The summed E-state index contributed by atoms with van der Waals surface area (Å²) < 4.78 is 5.42. The van der Waals surface area contributed by atoms with Crippen molar-refractivity contribution in [2.45, 2.75) is 19.4 Å². The summed E-state index contributed by atoms with van der Waals surface area (Å²) in [6, 6.07) is 14.2. The van der Waals surface area contributed by atoms with Crippen LogP contribution in [0.5, 0.6) is 0 Å². The number of hydrogen-bond donors (Lipinski definition) is 0. The summed E-state index contributed by atoms with van der Waals surface area (Å²) in [5.41, 5.74) is 5.49. The molecule has 25 heavy (non-hydrogen) atoms. The average Bonchev–Trinajstić information content (AvgIpc) is 3.02. The first-order valence-corrected chi connectivity index (χ1v) is 8.97. The fourth-order valence-electron chi connectivity index (χ4n) is 3.54. The summed E-state index contributed by atoms with van der Waals surface area (Å²) in [6.45, 7) is 3.68. The minimum atomic E-state index is 0.217. The Balaban J connectivity index is 1.81. The summed E-state index contributed by atoms with van der Waals surface area (Å²) >= 11 is 12.7. The van der Waals surface area contributed by atoms with E-state index in [9.17, 15) is 0 Å². The van der Waals surface area contributed by atoms with Crippen LogP contribution in [-0.2, 0) is 6.54 Å². The smallest absolute Gasteiger partial charge is 0.167 e. The predicted octanol–water partition coefficient (Wildman–Crippen LogP) is 5.53. The van der Waals surface area contributed by atoms with Gasteiger partial charge in [-0.3, -0.25) is 0 Å². The van der Waals surface area contributed by atoms with Crippen LogP contribution in [0.3, 0.4) is 0 Å². The summed E-state index contributed by atoms with van der Waals surface area (Å²) in [4.78, 5) is 2.29. The van der Waals surface area contributed by atoms with Crippen LogP contribution in [0.1, 0.15) is 28.3 Å². The SMILES string of the molecule is Cc1cc(-c2cccc([C@@H]3CN(C)Cc4c(Cl)cc(Cl)cc43)c2)on1. The second-order valence-corrected chi connectivity index (χ2v) is 7.51. The standard InChI is InChI=1S/C20H18Cl2N2O/c1-12-6-20(25-23-12)14-5-3-4-13(7-14)17-10-24(2)11-18-16(17)8-15(21)9-19(18)22/h3-9,17H,10-11H2,1-2H3/t17-/m0/s1. The van der Waals surface area contributed by atoms with E-state index in [-0.39, 0.29) is 5.92 Å². The Morgan fingerprint density at radius 2 is 2.00 bits per heavy atom. The highest BCUT2D eigenvalue weighted by atomic mass is 35.5. The van der Waals surface area contributed by atoms with Gasteiger partial charge in [0.1, 0.15) is 0 Å². The van der Waals surface area contributed by atoms with Crippen molar-refractivity contribution in [1.82, 2.24) is 10.1 Å². The zero-order valence-corrected chi connectivity index (χ0v) is 15.6. The lowest BCUT2D eigenvalue weighted by atomic mass is 9.84. The van der Waals surface area contributed by atoms with Crippen LogP contribution in [-0.4, -0.2) is 23.6 Å². The van der Waals surface area contributed by atoms with Gasteiger partial charge in [-0.2, -0.15) is 0 Å². The highest BCUT2D eigenvalue weighted by molar-refractivity contribution is 6.35. The molecule has 1 aromatic heterocycles. The maximum atomic E-state index is 6.46. The van der Waals surface area contributed by atoms with Crippen LogP contribution in [0.25, 0.3) is 11.3 Å². The molecule has 0 spiro atoms. The molecule has 0 amide bonds. The van der Waals surface area contributed by atoms with Gasteiger partial charge in [0, 0.05) is 40.7 Å². The van der Waals surface area contributed by atoms with E-state index in [1.165, 1.54) is 11.1 Å². The minimum absolute atomic E-state index is 0.217. The van der Waals surface area contributed by atoms with Crippen LogP contribution in [0.2, 0.25) is 10.0 Å². The molecular weight excluding hydrogens is 355 g/mol. The largest absolute Gasteiger partial charge is 0.356 e. The number of halogens is 2. The van der Waals surface area contributed by atoms with Gasteiger partial charge < -0.3 is 9.42 Å². The van der Waals surface area contributed by atoms with Crippen molar-refractivity contribution in [2.24, 2.45) is 0 Å². The number of rotatable bonds is 2. The molecule has 0 bridgehead atoms. The van der Waals surface area contributed by atoms with E-state index in [4.69, 9.17) is 27.7 Å². The molecule has 0 saturated carbocycles. The van der Waals surface area contributed by atoms with Crippen LogP contribution in [0.4, 0.5) is 0 Å². The highest BCUT2D eigenvalue weighted by Gasteiger charge is 2.27. The second kappa shape index (κ2) is 6.49. The molecule has 1 atom stereocenters. The molecule has 128 valence electrons. The Morgan fingerprint density at radius 1 is 1.16 bits per heavy atom. The van der Waals surface area contributed by atoms with Gasteiger partial charge in [-0.05, 0) is 48.9 Å². The highest BCUT2D eigenvalue weighted by Crippen LogP contribution is 2.39. The van der Waals surface area contributed by atoms with E-state index in [2.05, 4.69) is 35.3 Å². The van der Waals surface area contributed by atoms with Crippen molar-refractivity contribution in [3.05, 3.63) is 74.9 Å². The molecule has 2 heterocycles. The van der Waals surface area contributed by atoms with E-state index in [1.807, 2.05) is 31.2 Å². The minimum Gasteiger partial charge on any atom is -0.356 e. The first-order valence-electron chi connectivity index (χ1n) is 8.21. The molecule has 3 nitrogen and oxygen atoms in total. The molecule has 0 unspecified atom stereocenters. The number of aromatic nitrogens is 1. The van der Waals surface area contributed by atoms with Crippen LogP contribution >= 0.6 is 23.2 Å². The third kappa shape index (κ3) is 3.20. The molecule has 0 aliphatic carbocycles. The molecule has 3 aromatic rings. The number of benzene rings is 2. The van der Waals surface area contributed by atoms with Crippen molar-refractivity contribution in [1.29, 1.82) is 0 Å². The van der Waals surface area contributed by atoms with E-state index in [0.29, 0.717) is 5.02 Å². The van der Waals surface area contributed by atoms with Crippen molar-refractivity contribution < 1.29 is 4.52 Å². The van der Waals surface area contributed by atoms with E-state index in [0.717, 1.165) is 40.7 Å². The molecule has 2 aromatic carbocycles. The maximum Gasteiger partial charge on any atom is 0.167 e. The Kier molecular flexibility index (Phi) is 4.32. The summed E-state index contributed by atoms with van der Waals surface area (Å²) in [6.07, 6.45) is 0. The summed E-state index contributed by atoms with van der Waals surface area (Å²) in [5, 5.41) is 5.41. The topological polar surface area (TPSA) is 29.3 Å². The Labute approximate surface area is 157 Å². The van der Waals surface area contributed by atoms with Gasteiger partial charge >= 0.3 is 0 Å². The van der Waals surface area contributed by atoms with Gasteiger partial charge in [0.15, 0.2) is 5.76 Å². The van der Waals surface area contributed by atoms with Gasteiger partial charge in [-0.25, -0.2) is 0 Å². The molecule has 0 radical (unpaired) electrons. The number of fused-ring (bicyclic) bond motifs is 1. The molecule has 0 N–H and O–H groups in total. The van der Waals surface area contributed by atoms with Crippen molar-refractivity contribution in [3.63, 3.8) is 0 Å². The molecular formula is C20H18Cl2N2O. The van der Waals surface area contributed by atoms with Crippen LogP contribution in [0, 0.1) is 6.92 Å². The predicted molar refractivity (Wildman–Crippen MR) is 101 cm³/mol. The quantitative estimate of drug-likeness (QED) is 0.591. The van der Waals surface area contributed by atoms with Gasteiger partial charge in [0.25, 0.3) is 0 Å². The zero-order chi connectivity index (χ0) is 17.6. The van der Waals surface area contributed by atoms with E-state index < -0.39 is 0 Å². The Hall–Kier alpha value is -1.81. The summed E-state index contributed by atoms with van der Waals surface area (Å²) in [7, 11) is 2.12. The third-order valence-corrected chi connectivity index (χ3v) is 5.25. The van der Waals surface area contributed by atoms with Gasteiger partial charge in [0.05, 0.1) is 5.69 Å². The average molecular weight is 373 g/mol. The molecule has 1 aliphatic rings. The number of aryl methyl sites for hydroxylation is 1. The van der Waals surface area contributed by atoms with Crippen LogP contribution in [0.15, 0.2) is 47.0 Å². The normalized spacial score (nSPS) is 17.5. The Morgan fingerprint density at radius 3 is 2.76 bits per heavy atom. The van der Waals surface area contributed by atoms with Gasteiger partial charge in [-0.15, -0.1) is 0 Å². The second-order valence-electron chi connectivity index (χ2n) is 6.66. The fourth-order valence-corrected chi connectivity index (χ4v) is 4.11. The Bertz CT molecular complexity index is 935. The monoisotopic (exact) mass is 372 g/mol. The first kappa shape index (κ1) is 16.6. The molecule has 4 rings (SSSR count). The van der Waals surface area contributed by atoms with Crippen molar-refractivity contribution in [3.8, 4) is 11.3 Å². The summed E-state index contributed by atoms with van der Waals surface area (Å²) in [5.74, 6) is 1.00. The van der Waals surface area contributed by atoms with Gasteiger partial charge in [0.2, 0.25) is 0 Å². The van der Waals surface area contributed by atoms with Crippen LogP contribution < -0.4 is 0 Å². The lowest BCUT2D eigenvalue weighted by Gasteiger charge is -2.33. The fraction of sp³-hybridized carbons (Fsp3) is 0.250. The van der Waals surface area contributed by atoms with Crippen molar-refractivity contribution >= 4 is 23.2 Å². The maximum absolute atomic E-state index is 6.46. The third-order valence-electron chi connectivity index (χ3n) is 4.69. The lowest BCUT2D eigenvalue weighted by Crippen LogP contribution is -2.31. The zero-order valence-electron chi connectivity index (χ0n) is 14.1. The number of nitrogens with zero attached hydrogens (tertiary/aromatic N) is 2. The van der Waals surface area contributed by atoms with E-state index >= 15 is 0 Å². The van der Waals surface area contributed by atoms with Gasteiger partial charge in [-0.1, -0.05) is 46.6 Å². The molecule has 0 fully saturated rings. The first-order chi connectivity index (χ1) is 12.0. The van der Waals surface area contributed by atoms with E-state index in [1.54, 1.807) is 0 Å².